The molecule has 11 heavy (non-hydrogen) atoms. The zero-order valence-corrected chi connectivity index (χ0v) is 6.75. The van der Waals surface area contributed by atoms with Crippen LogP contribution in [0.3, 0.4) is 0 Å². The molecule has 0 fully saturated rings. The summed E-state index contributed by atoms with van der Waals surface area (Å²) in [6.45, 7) is 0. The summed E-state index contributed by atoms with van der Waals surface area (Å²) in [5.41, 5.74) is 6.18. The Kier molecular flexibility index (Phi) is 2.80. The van der Waals surface area contributed by atoms with E-state index in [0.717, 1.165) is 5.69 Å². The van der Waals surface area contributed by atoms with Crippen LogP contribution in [-0.2, 0) is 0 Å². The summed E-state index contributed by atoms with van der Waals surface area (Å²) in [4.78, 5) is 3.98. The van der Waals surface area contributed by atoms with Gasteiger partial charge >= 0.3 is 0 Å². The molecule has 1 aromatic carbocycles. The van der Waals surface area contributed by atoms with Gasteiger partial charge in [-0.15, -0.1) is 0 Å². The molecule has 0 aliphatic heterocycles. The molecule has 0 saturated heterocycles. The normalized spacial score (nSPS) is 11.2. The number of nitrogens with two attached hydrogens (primary N) is 1. The SMILES string of the molecule is NC(=Nc1ccccc1)NS. The van der Waals surface area contributed by atoms with E-state index >= 15 is 0 Å². The van der Waals surface area contributed by atoms with Crippen molar-refractivity contribution in [3.8, 4) is 0 Å². The third kappa shape index (κ3) is 2.51. The summed E-state index contributed by atoms with van der Waals surface area (Å²) in [5, 5.41) is 0. The third-order valence-corrected chi connectivity index (χ3v) is 1.35. The van der Waals surface area contributed by atoms with Crippen molar-refractivity contribution in [1.82, 2.24) is 4.72 Å². The molecule has 0 aliphatic rings. The Morgan fingerprint density at radius 3 is 2.55 bits per heavy atom. The Bertz CT molecular complexity index is 245. The van der Waals surface area contributed by atoms with Crippen molar-refractivity contribution >= 4 is 24.5 Å². The number of benzene rings is 1. The van der Waals surface area contributed by atoms with E-state index in [9.17, 15) is 0 Å². The van der Waals surface area contributed by atoms with Crippen molar-refractivity contribution in [3.63, 3.8) is 0 Å². The van der Waals surface area contributed by atoms with Crippen LogP contribution in [0.4, 0.5) is 5.69 Å². The average molecular weight is 167 g/mol. The number of aliphatic imine (C=N–C) groups is 1. The Morgan fingerprint density at radius 1 is 1.36 bits per heavy atom. The molecular weight excluding hydrogens is 158 g/mol. The highest BCUT2D eigenvalue weighted by Gasteiger charge is 1.87. The molecule has 1 aromatic rings. The lowest BCUT2D eigenvalue weighted by atomic mass is 10.3. The van der Waals surface area contributed by atoms with Crippen LogP contribution in [0.5, 0.6) is 0 Å². The lowest BCUT2D eigenvalue weighted by Gasteiger charge is -1.95. The Hall–Kier alpha value is -1.16. The first kappa shape index (κ1) is 7.94. The molecule has 1 rings (SSSR count). The van der Waals surface area contributed by atoms with Crippen LogP contribution in [0.15, 0.2) is 35.3 Å². The van der Waals surface area contributed by atoms with E-state index < -0.39 is 0 Å². The first-order valence-corrected chi connectivity index (χ1v) is 3.57. The van der Waals surface area contributed by atoms with Gasteiger partial charge in [0.15, 0.2) is 0 Å². The predicted molar refractivity (Wildman–Crippen MR) is 49.8 cm³/mol. The molecule has 0 radical (unpaired) electrons. The van der Waals surface area contributed by atoms with Gasteiger partial charge in [0.25, 0.3) is 0 Å². The minimum atomic E-state index is 0.291. The Labute approximate surface area is 70.9 Å². The number of hydrogen-bond donors (Lipinski definition) is 3. The third-order valence-electron chi connectivity index (χ3n) is 1.12. The van der Waals surface area contributed by atoms with Crippen molar-refractivity contribution < 1.29 is 0 Å². The molecule has 58 valence electrons. The molecule has 0 aromatic heterocycles. The molecule has 0 bridgehead atoms. The molecule has 0 unspecified atom stereocenters. The van der Waals surface area contributed by atoms with Gasteiger partial charge in [-0.2, -0.15) is 0 Å². The Morgan fingerprint density at radius 2 is 2.00 bits per heavy atom. The van der Waals surface area contributed by atoms with Gasteiger partial charge in [-0.05, 0) is 12.1 Å². The number of nitrogens with zero attached hydrogens (tertiary/aromatic N) is 1. The first-order valence-electron chi connectivity index (χ1n) is 3.12. The van der Waals surface area contributed by atoms with Gasteiger partial charge in [-0.3, -0.25) is 0 Å². The van der Waals surface area contributed by atoms with Crippen molar-refractivity contribution in [2.75, 3.05) is 0 Å². The van der Waals surface area contributed by atoms with Crippen molar-refractivity contribution in [1.29, 1.82) is 0 Å². The number of guanidine groups is 1. The van der Waals surface area contributed by atoms with Gasteiger partial charge in [0.1, 0.15) is 0 Å². The van der Waals surface area contributed by atoms with Crippen LogP contribution < -0.4 is 10.5 Å². The molecule has 0 saturated carbocycles. The van der Waals surface area contributed by atoms with Crippen molar-refractivity contribution in [2.24, 2.45) is 10.7 Å². The van der Waals surface area contributed by atoms with Gasteiger partial charge in [-0.25, -0.2) is 4.99 Å². The molecule has 0 atom stereocenters. The fraction of sp³-hybridized carbons (Fsp3) is 0. The molecule has 3 nitrogen and oxygen atoms in total. The minimum absolute atomic E-state index is 0.291. The second-order valence-electron chi connectivity index (χ2n) is 1.94. The summed E-state index contributed by atoms with van der Waals surface area (Å²) < 4.78 is 2.44. The van der Waals surface area contributed by atoms with Gasteiger partial charge < -0.3 is 10.5 Å². The van der Waals surface area contributed by atoms with Crippen LogP contribution in [0, 0.1) is 0 Å². The van der Waals surface area contributed by atoms with Gasteiger partial charge in [-0.1, -0.05) is 31.0 Å². The standard InChI is InChI=1S/C7H9N3S/c8-7(10-11)9-6-4-2-1-3-5-6/h1-5,11H,(H3,8,9,10). The van der Waals surface area contributed by atoms with E-state index in [1.807, 2.05) is 30.3 Å². The topological polar surface area (TPSA) is 50.4 Å². The van der Waals surface area contributed by atoms with Crippen molar-refractivity contribution in [2.45, 2.75) is 0 Å². The van der Waals surface area contributed by atoms with Gasteiger partial charge in [0, 0.05) is 0 Å². The van der Waals surface area contributed by atoms with Gasteiger partial charge in [0.2, 0.25) is 5.96 Å². The quantitative estimate of drug-likeness (QED) is 0.333. The molecule has 0 amide bonds. The smallest absolute Gasteiger partial charge is 0.203 e. The Balaban J connectivity index is 2.79. The monoisotopic (exact) mass is 167 g/mol. The lowest BCUT2D eigenvalue weighted by Crippen LogP contribution is -2.22. The second kappa shape index (κ2) is 3.88. The van der Waals surface area contributed by atoms with E-state index in [4.69, 9.17) is 5.73 Å². The maximum absolute atomic E-state index is 5.37. The van der Waals surface area contributed by atoms with Crippen LogP contribution in [0.25, 0.3) is 0 Å². The number of para-hydroxylation sites is 1. The maximum atomic E-state index is 5.37. The highest BCUT2D eigenvalue weighted by atomic mass is 32.1. The van der Waals surface area contributed by atoms with Gasteiger partial charge in [0.05, 0.1) is 5.69 Å². The predicted octanol–water partition coefficient (Wildman–Crippen LogP) is 1.07. The number of nitrogens with one attached hydrogen (secondary N) is 1. The zero-order valence-electron chi connectivity index (χ0n) is 5.86. The largest absolute Gasteiger partial charge is 0.369 e. The highest BCUT2D eigenvalue weighted by Crippen LogP contribution is 2.08. The minimum Gasteiger partial charge on any atom is -0.369 e. The summed E-state index contributed by atoms with van der Waals surface area (Å²) in [6, 6.07) is 9.43. The van der Waals surface area contributed by atoms with Crippen molar-refractivity contribution in [3.05, 3.63) is 30.3 Å². The highest BCUT2D eigenvalue weighted by molar-refractivity contribution is 7.78. The molecule has 0 heterocycles. The number of rotatable bonds is 1. The molecule has 3 N–H and O–H groups in total. The van der Waals surface area contributed by atoms with E-state index in [1.54, 1.807) is 0 Å². The number of hydrogen-bond acceptors (Lipinski definition) is 2. The molecule has 4 heteroatoms. The average Bonchev–Trinajstić information content (AvgIpc) is 2.06. The molecule has 0 spiro atoms. The summed E-state index contributed by atoms with van der Waals surface area (Å²) in [7, 11) is 0. The lowest BCUT2D eigenvalue weighted by molar-refractivity contribution is 1.37. The summed E-state index contributed by atoms with van der Waals surface area (Å²) in [5.74, 6) is 0.291. The second-order valence-corrected chi connectivity index (χ2v) is 2.17. The summed E-state index contributed by atoms with van der Waals surface area (Å²) in [6.07, 6.45) is 0. The van der Waals surface area contributed by atoms with Crippen LogP contribution in [0.1, 0.15) is 0 Å². The molecule has 0 aliphatic carbocycles. The molecular formula is C7H9N3S. The van der Waals surface area contributed by atoms with E-state index in [2.05, 4.69) is 22.5 Å². The van der Waals surface area contributed by atoms with E-state index in [-0.39, 0.29) is 0 Å². The fourth-order valence-corrected chi connectivity index (χ4v) is 0.717. The first-order chi connectivity index (χ1) is 5.33. The summed E-state index contributed by atoms with van der Waals surface area (Å²) >= 11 is 3.74. The van der Waals surface area contributed by atoms with Crippen LogP contribution in [-0.4, -0.2) is 5.96 Å². The number of thiol groups is 1. The zero-order chi connectivity index (χ0) is 8.10. The van der Waals surface area contributed by atoms with Crippen LogP contribution >= 0.6 is 12.8 Å². The van der Waals surface area contributed by atoms with E-state index in [0.29, 0.717) is 5.96 Å². The maximum Gasteiger partial charge on any atom is 0.203 e. The fourth-order valence-electron chi connectivity index (χ4n) is 0.667. The van der Waals surface area contributed by atoms with Crippen LogP contribution in [0.2, 0.25) is 0 Å². The van der Waals surface area contributed by atoms with E-state index in [1.165, 1.54) is 0 Å².